The van der Waals surface area contributed by atoms with E-state index in [1.54, 1.807) is 6.07 Å². The smallest absolute Gasteiger partial charge is 0.340 e. The van der Waals surface area contributed by atoms with Crippen LogP contribution >= 0.6 is 0 Å². The fourth-order valence-corrected chi connectivity index (χ4v) is 2.20. The third-order valence-corrected chi connectivity index (χ3v) is 3.26. The second-order valence-corrected chi connectivity index (χ2v) is 5.03. The zero-order chi connectivity index (χ0) is 15.6. The molecule has 110 valence electrons. The van der Waals surface area contributed by atoms with Gasteiger partial charge in [-0.15, -0.1) is 0 Å². The van der Waals surface area contributed by atoms with Crippen molar-refractivity contribution in [1.29, 1.82) is 0 Å². The number of rotatable bonds is 3. The molecule has 5 nitrogen and oxygen atoms in total. The van der Waals surface area contributed by atoms with Crippen LogP contribution < -0.4 is 10.6 Å². The minimum absolute atomic E-state index is 0.305. The summed E-state index contributed by atoms with van der Waals surface area (Å²) in [6.45, 7) is 4.08. The minimum Gasteiger partial charge on any atom is -0.465 e. The maximum atomic E-state index is 11.7. The van der Waals surface area contributed by atoms with Gasteiger partial charge in [-0.05, 0) is 43.2 Å². The molecule has 0 unspecified atom stereocenters. The van der Waals surface area contributed by atoms with E-state index in [0.717, 1.165) is 5.69 Å². The number of pyridine rings is 1. The van der Waals surface area contributed by atoms with Gasteiger partial charge in [-0.3, -0.25) is 0 Å². The van der Waals surface area contributed by atoms with Crippen LogP contribution in [0.1, 0.15) is 21.5 Å². The Hall–Kier alpha value is -2.56. The van der Waals surface area contributed by atoms with Gasteiger partial charge >= 0.3 is 5.97 Å². The molecule has 0 amide bonds. The van der Waals surface area contributed by atoms with Gasteiger partial charge in [-0.2, -0.15) is 0 Å². The molecule has 2 rings (SSSR count). The van der Waals surface area contributed by atoms with E-state index in [0.29, 0.717) is 17.1 Å². The number of nitrogens with zero attached hydrogens (tertiary/aromatic N) is 2. The van der Waals surface area contributed by atoms with Crippen molar-refractivity contribution in [2.24, 2.45) is 0 Å². The number of carbonyl (C=O) groups is 1. The van der Waals surface area contributed by atoms with Gasteiger partial charge in [-0.1, -0.05) is 6.07 Å². The summed E-state index contributed by atoms with van der Waals surface area (Å²) in [6, 6.07) is 7.86. The van der Waals surface area contributed by atoms with E-state index < -0.39 is 5.97 Å². The van der Waals surface area contributed by atoms with E-state index >= 15 is 0 Å². The lowest BCUT2D eigenvalue weighted by atomic mass is 10.1. The number of carbonyl (C=O) groups excluding carboxylic acids is 1. The van der Waals surface area contributed by atoms with Gasteiger partial charge in [0.05, 0.1) is 24.6 Å². The number of esters is 1. The van der Waals surface area contributed by atoms with Crippen LogP contribution in [0.4, 0.5) is 17.2 Å². The molecule has 0 aliphatic rings. The van der Waals surface area contributed by atoms with Crippen LogP contribution in [-0.4, -0.2) is 25.1 Å². The molecule has 0 saturated heterocycles. The summed E-state index contributed by atoms with van der Waals surface area (Å²) in [5.74, 6) is 0.166. The zero-order valence-corrected chi connectivity index (χ0v) is 12.7. The monoisotopic (exact) mass is 285 g/mol. The molecule has 0 radical (unpaired) electrons. The van der Waals surface area contributed by atoms with Gasteiger partial charge in [0, 0.05) is 12.7 Å². The fourth-order valence-electron chi connectivity index (χ4n) is 2.20. The molecule has 0 saturated carbocycles. The van der Waals surface area contributed by atoms with Crippen molar-refractivity contribution >= 4 is 23.2 Å². The van der Waals surface area contributed by atoms with Crippen LogP contribution in [0.15, 0.2) is 30.5 Å². The number of ether oxygens (including phenoxy) is 1. The first-order valence-corrected chi connectivity index (χ1v) is 6.58. The number of methoxy groups -OCH3 is 1. The molecule has 0 spiro atoms. The molecule has 1 heterocycles. The van der Waals surface area contributed by atoms with Crippen LogP contribution in [0.2, 0.25) is 0 Å². The van der Waals surface area contributed by atoms with Gasteiger partial charge in [0.2, 0.25) is 0 Å². The van der Waals surface area contributed by atoms with Crippen LogP contribution in [-0.2, 0) is 4.74 Å². The van der Waals surface area contributed by atoms with E-state index in [-0.39, 0.29) is 0 Å². The van der Waals surface area contributed by atoms with E-state index in [9.17, 15) is 4.79 Å². The number of hydrogen-bond donors (Lipinski definition) is 1. The van der Waals surface area contributed by atoms with Crippen molar-refractivity contribution < 1.29 is 9.53 Å². The predicted octanol–water partition coefficient (Wildman–Crippen LogP) is 2.84. The highest BCUT2D eigenvalue weighted by Gasteiger charge is 2.14. The molecule has 1 aromatic carbocycles. The summed E-state index contributed by atoms with van der Waals surface area (Å²) in [5.41, 5.74) is 9.73. The summed E-state index contributed by atoms with van der Waals surface area (Å²) in [4.78, 5) is 17.9. The Bertz CT molecular complexity index is 663. The first-order valence-electron chi connectivity index (χ1n) is 6.58. The summed E-state index contributed by atoms with van der Waals surface area (Å²) >= 11 is 0. The summed E-state index contributed by atoms with van der Waals surface area (Å²) in [7, 11) is 3.23. The number of anilines is 3. The zero-order valence-electron chi connectivity index (χ0n) is 12.7. The van der Waals surface area contributed by atoms with Crippen molar-refractivity contribution in [2.45, 2.75) is 13.8 Å². The third kappa shape index (κ3) is 3.13. The molecular formula is C16H19N3O2. The van der Waals surface area contributed by atoms with Gasteiger partial charge < -0.3 is 15.4 Å². The Morgan fingerprint density at radius 2 is 1.81 bits per heavy atom. The molecule has 5 heteroatoms. The molecule has 2 N–H and O–H groups in total. The second-order valence-electron chi connectivity index (χ2n) is 5.03. The van der Waals surface area contributed by atoms with Gasteiger partial charge in [0.1, 0.15) is 5.82 Å². The Balaban J connectivity index is 2.43. The number of nitrogen functional groups attached to an aromatic ring is 1. The summed E-state index contributed by atoms with van der Waals surface area (Å²) < 4.78 is 4.73. The Labute approximate surface area is 124 Å². The number of hydrogen-bond acceptors (Lipinski definition) is 5. The average Bonchev–Trinajstić information content (AvgIpc) is 2.45. The van der Waals surface area contributed by atoms with Crippen molar-refractivity contribution in [2.75, 3.05) is 24.8 Å². The van der Waals surface area contributed by atoms with Crippen LogP contribution in [0.5, 0.6) is 0 Å². The fraction of sp³-hybridized carbons (Fsp3) is 0.250. The molecule has 1 aromatic heterocycles. The number of aromatic nitrogens is 1. The van der Waals surface area contributed by atoms with E-state index in [1.807, 2.05) is 25.8 Å². The normalized spacial score (nSPS) is 10.3. The molecule has 0 fully saturated rings. The van der Waals surface area contributed by atoms with Crippen molar-refractivity contribution in [3.05, 3.63) is 47.2 Å². The lowest BCUT2D eigenvalue weighted by molar-refractivity contribution is 0.0602. The number of benzene rings is 1. The lowest BCUT2D eigenvalue weighted by Crippen LogP contribution is -2.14. The van der Waals surface area contributed by atoms with Crippen LogP contribution in [0.25, 0.3) is 0 Å². The standard InChI is InChI=1S/C16H19N3O2/c1-10-5-11(2)7-12(6-10)19(3)15-8-13(16(20)21-4)14(17)9-18-15/h5-9H,17H2,1-4H3. The van der Waals surface area contributed by atoms with Crippen LogP contribution in [0, 0.1) is 13.8 Å². The molecular weight excluding hydrogens is 266 g/mol. The van der Waals surface area contributed by atoms with E-state index in [1.165, 1.54) is 24.4 Å². The van der Waals surface area contributed by atoms with Crippen LogP contribution in [0.3, 0.4) is 0 Å². The highest BCUT2D eigenvalue weighted by molar-refractivity contribution is 5.95. The Kier molecular flexibility index (Phi) is 4.12. The first kappa shape index (κ1) is 14.8. The summed E-state index contributed by atoms with van der Waals surface area (Å²) in [6.07, 6.45) is 1.47. The molecule has 0 aliphatic heterocycles. The predicted molar refractivity (Wildman–Crippen MR) is 84.0 cm³/mol. The van der Waals surface area contributed by atoms with E-state index in [4.69, 9.17) is 10.5 Å². The maximum absolute atomic E-state index is 11.7. The molecule has 0 bridgehead atoms. The maximum Gasteiger partial charge on any atom is 0.340 e. The van der Waals surface area contributed by atoms with Crippen molar-refractivity contribution in [1.82, 2.24) is 4.98 Å². The summed E-state index contributed by atoms with van der Waals surface area (Å²) in [5, 5.41) is 0. The highest BCUT2D eigenvalue weighted by Crippen LogP contribution is 2.26. The third-order valence-electron chi connectivity index (χ3n) is 3.26. The molecule has 0 aliphatic carbocycles. The highest BCUT2D eigenvalue weighted by atomic mass is 16.5. The van der Waals surface area contributed by atoms with E-state index in [2.05, 4.69) is 23.2 Å². The number of aryl methyl sites for hydroxylation is 2. The van der Waals surface area contributed by atoms with Crippen molar-refractivity contribution in [3.8, 4) is 0 Å². The van der Waals surface area contributed by atoms with Gasteiger partial charge in [-0.25, -0.2) is 9.78 Å². The first-order chi connectivity index (χ1) is 9.92. The lowest BCUT2D eigenvalue weighted by Gasteiger charge is -2.20. The van der Waals surface area contributed by atoms with Crippen molar-refractivity contribution in [3.63, 3.8) is 0 Å². The van der Waals surface area contributed by atoms with Gasteiger partial charge in [0.15, 0.2) is 0 Å². The average molecular weight is 285 g/mol. The molecule has 2 aromatic rings. The Morgan fingerprint density at radius 1 is 1.19 bits per heavy atom. The second kappa shape index (κ2) is 5.83. The molecule has 21 heavy (non-hydrogen) atoms. The molecule has 0 atom stereocenters. The van der Waals surface area contributed by atoms with Gasteiger partial charge in [0.25, 0.3) is 0 Å². The number of nitrogens with two attached hydrogens (primary N) is 1. The quantitative estimate of drug-likeness (QED) is 0.878. The Morgan fingerprint density at radius 3 is 2.38 bits per heavy atom. The minimum atomic E-state index is -0.468. The topological polar surface area (TPSA) is 68.5 Å². The largest absolute Gasteiger partial charge is 0.465 e. The SMILES string of the molecule is COC(=O)c1cc(N(C)c2cc(C)cc(C)c2)ncc1N.